The van der Waals surface area contributed by atoms with Crippen LogP contribution in [0.4, 0.5) is 17.1 Å². The molecule has 0 unspecified atom stereocenters. The normalized spacial score (nSPS) is 18.8. The van der Waals surface area contributed by atoms with Crippen LogP contribution in [0.3, 0.4) is 0 Å². The third kappa shape index (κ3) is 5.58. The lowest BCUT2D eigenvalue weighted by atomic mass is 9.47. The first kappa shape index (κ1) is 41.9. The van der Waals surface area contributed by atoms with Crippen LogP contribution in [-0.4, -0.2) is 11.3 Å². The first-order chi connectivity index (χ1) is 31.4. The quantitative estimate of drug-likeness (QED) is 0.153. The molecule has 9 aromatic rings. The Balaban J connectivity index is 1.25. The van der Waals surface area contributed by atoms with E-state index in [1.807, 2.05) is 11.3 Å². The molecule has 0 amide bonds. The van der Waals surface area contributed by atoms with Gasteiger partial charge in [-0.25, -0.2) is 0 Å². The third-order valence-corrected chi connectivity index (χ3v) is 18.7. The molecule has 67 heavy (non-hydrogen) atoms. The second-order valence-corrected chi connectivity index (χ2v) is 27.0. The van der Waals surface area contributed by atoms with Crippen molar-refractivity contribution < 1.29 is 4.42 Å². The molecule has 0 fully saturated rings. The van der Waals surface area contributed by atoms with Crippen molar-refractivity contribution in [3.8, 4) is 11.1 Å². The maximum atomic E-state index is 7.75. The van der Waals surface area contributed by atoms with Crippen molar-refractivity contribution in [3.63, 3.8) is 0 Å². The van der Waals surface area contributed by atoms with Crippen molar-refractivity contribution in [2.24, 2.45) is 0 Å². The van der Waals surface area contributed by atoms with Gasteiger partial charge in [-0.3, -0.25) is 0 Å². The summed E-state index contributed by atoms with van der Waals surface area (Å²) in [6.07, 6.45) is 4.66. The van der Waals surface area contributed by atoms with E-state index in [0.29, 0.717) is 0 Å². The molecular formula is C62H65BN2OS. The largest absolute Gasteiger partial charge is 0.466 e. The summed E-state index contributed by atoms with van der Waals surface area (Å²) < 4.78 is 13.1. The molecule has 3 nitrogen and oxygen atoms in total. The Kier molecular flexibility index (Phi) is 8.05. The fourth-order valence-electron chi connectivity index (χ4n) is 13.2. The topological polar surface area (TPSA) is 21.3 Å². The van der Waals surface area contributed by atoms with E-state index in [0.717, 1.165) is 30.5 Å². The van der Waals surface area contributed by atoms with Crippen molar-refractivity contribution in [1.82, 2.24) is 4.48 Å². The fraction of sp³-hybridized carbons (Fsp3) is 0.387. The van der Waals surface area contributed by atoms with Gasteiger partial charge in [0, 0.05) is 58.6 Å². The predicted octanol–water partition coefficient (Wildman–Crippen LogP) is 16.6. The van der Waals surface area contributed by atoms with Gasteiger partial charge in [0.05, 0.1) is 11.4 Å². The van der Waals surface area contributed by atoms with Gasteiger partial charge >= 0.3 is 6.85 Å². The average Bonchev–Trinajstić information content (AvgIpc) is 3.94. The lowest BCUT2D eigenvalue weighted by molar-refractivity contribution is 0.332. The zero-order valence-electron chi connectivity index (χ0n) is 42.3. The van der Waals surface area contributed by atoms with Crippen LogP contribution in [0.2, 0.25) is 0 Å². The van der Waals surface area contributed by atoms with Crippen LogP contribution >= 0.6 is 11.3 Å². The van der Waals surface area contributed by atoms with Crippen molar-refractivity contribution in [2.75, 3.05) is 4.90 Å². The Hall–Kier alpha value is -5.26. The lowest BCUT2D eigenvalue weighted by Crippen LogP contribution is -2.56. The number of hydrogen-bond acceptors (Lipinski definition) is 3. The van der Waals surface area contributed by atoms with Crippen molar-refractivity contribution in [3.05, 3.63) is 124 Å². The van der Waals surface area contributed by atoms with Crippen LogP contribution in [0, 0.1) is 0 Å². The standard InChI is InChI=1S/C62H65BN2OS/c1-57(2,3)34-19-22-47-38(27-34)40-28-35(58(4,5)6)29-41-39-32-50-51(37-17-15-16-18-49(37)67-50)55-52(39)63(65(47)53(40)41)56-54(42-31-45-46(33-48(42)66-56)62(13,14)26-25-61(45,11)12)64(55)36-20-21-43-44(30-36)60(9,10)24-23-59(43,7)8/h15-22,27-33H,23-26H2,1-14H3. The summed E-state index contributed by atoms with van der Waals surface area (Å²) in [5.74, 6) is 0. The van der Waals surface area contributed by atoms with E-state index in [2.05, 4.69) is 197 Å². The molecule has 0 spiro atoms. The molecule has 13 rings (SSSR count). The van der Waals surface area contributed by atoms with E-state index in [1.54, 1.807) is 0 Å². The van der Waals surface area contributed by atoms with Gasteiger partial charge in [-0.1, -0.05) is 127 Å². The Labute approximate surface area is 401 Å². The number of nitrogens with zero attached hydrogens (tertiary/aromatic N) is 2. The Bertz CT molecular complexity index is 3680. The number of hydrogen-bond donors (Lipinski definition) is 0. The minimum absolute atomic E-state index is 0.00534. The summed E-state index contributed by atoms with van der Waals surface area (Å²) in [5.41, 5.74) is 21.1. The summed E-state index contributed by atoms with van der Waals surface area (Å²) in [6.45, 7) is 33.6. The molecule has 2 aliphatic heterocycles. The van der Waals surface area contributed by atoms with Gasteiger partial charge in [0.15, 0.2) is 0 Å². The van der Waals surface area contributed by atoms with E-state index in [4.69, 9.17) is 4.42 Å². The van der Waals surface area contributed by atoms with Crippen LogP contribution in [-0.2, 0) is 32.5 Å². The number of rotatable bonds is 1. The average molecular weight is 897 g/mol. The number of anilines is 3. The molecule has 5 heteroatoms. The summed E-state index contributed by atoms with van der Waals surface area (Å²) in [5, 5.41) is 6.56. The van der Waals surface area contributed by atoms with Crippen LogP contribution in [0.5, 0.6) is 0 Å². The predicted molar refractivity (Wildman–Crippen MR) is 291 cm³/mol. The number of benzene rings is 6. The number of furan rings is 1. The SMILES string of the molecule is CC(C)(C)c1ccc2c(c1)c1cc(C(C)(C)C)cc3c1n2B1c2oc4cc5c(cc4c2N(c2ccc4c(c2)C(C)(C)CCC4(C)C)c2c1c-3cc1sc3ccccc3c21)C(C)(C)CCC5(C)C. The second-order valence-electron chi connectivity index (χ2n) is 25.9. The smallest absolute Gasteiger partial charge is 0.376 e. The molecule has 4 aliphatic rings. The van der Waals surface area contributed by atoms with E-state index in [1.165, 1.54) is 121 Å². The van der Waals surface area contributed by atoms with E-state index >= 15 is 0 Å². The lowest BCUT2D eigenvalue weighted by Gasteiger charge is -2.43. The van der Waals surface area contributed by atoms with E-state index < -0.39 is 0 Å². The molecule has 2 aliphatic carbocycles. The van der Waals surface area contributed by atoms with Crippen molar-refractivity contribution in [1.29, 1.82) is 0 Å². The minimum atomic E-state index is -0.189. The first-order valence-corrected chi connectivity index (χ1v) is 25.9. The first-order valence-electron chi connectivity index (χ1n) is 25.1. The second kappa shape index (κ2) is 12.9. The van der Waals surface area contributed by atoms with Gasteiger partial charge in [-0.2, -0.15) is 0 Å². The highest BCUT2D eigenvalue weighted by molar-refractivity contribution is 7.26. The van der Waals surface area contributed by atoms with Gasteiger partial charge in [0.25, 0.3) is 0 Å². The molecule has 0 bridgehead atoms. The van der Waals surface area contributed by atoms with Crippen LogP contribution in [0.1, 0.15) is 156 Å². The van der Waals surface area contributed by atoms with Gasteiger partial charge in [0.1, 0.15) is 11.2 Å². The number of thiophene rings is 1. The summed E-state index contributed by atoms with van der Waals surface area (Å²) in [6, 6.07) is 36.7. The Morgan fingerprint density at radius 1 is 0.537 bits per heavy atom. The molecule has 0 saturated heterocycles. The summed E-state index contributed by atoms with van der Waals surface area (Å²) in [4.78, 5) is 2.71. The molecular weight excluding hydrogens is 832 g/mol. The van der Waals surface area contributed by atoms with Crippen LogP contribution in [0.15, 0.2) is 95.4 Å². The molecule has 0 N–H and O–H groups in total. The van der Waals surface area contributed by atoms with E-state index in [9.17, 15) is 0 Å². The highest BCUT2D eigenvalue weighted by atomic mass is 32.1. The molecule has 0 saturated carbocycles. The highest BCUT2D eigenvalue weighted by Crippen LogP contribution is 2.56. The van der Waals surface area contributed by atoms with Gasteiger partial charge in [0.2, 0.25) is 0 Å². The number of aromatic nitrogens is 1. The molecule has 338 valence electrons. The van der Waals surface area contributed by atoms with Gasteiger partial charge in [-0.05, 0) is 163 Å². The number of fused-ring (bicyclic) bond motifs is 15. The van der Waals surface area contributed by atoms with Crippen LogP contribution < -0.4 is 16.0 Å². The fourth-order valence-corrected chi connectivity index (χ4v) is 14.4. The summed E-state index contributed by atoms with van der Waals surface area (Å²) in [7, 11) is 0. The maximum absolute atomic E-state index is 7.75. The third-order valence-electron chi connectivity index (χ3n) is 17.6. The zero-order chi connectivity index (χ0) is 46.9. The highest BCUT2D eigenvalue weighted by Gasteiger charge is 2.49. The molecule has 0 radical (unpaired) electrons. The van der Waals surface area contributed by atoms with E-state index in [-0.39, 0.29) is 39.3 Å². The van der Waals surface area contributed by atoms with Crippen molar-refractivity contribution in [2.45, 2.75) is 155 Å². The zero-order valence-corrected chi connectivity index (χ0v) is 43.1. The van der Waals surface area contributed by atoms with Crippen molar-refractivity contribution >= 4 is 99.3 Å². The van der Waals surface area contributed by atoms with Crippen LogP contribution in [0.25, 0.3) is 64.1 Å². The van der Waals surface area contributed by atoms with Gasteiger partial charge in [-0.15, -0.1) is 11.3 Å². The monoisotopic (exact) mass is 896 g/mol. The van der Waals surface area contributed by atoms with Gasteiger partial charge < -0.3 is 13.8 Å². The molecule has 6 aromatic carbocycles. The molecule has 5 heterocycles. The summed E-state index contributed by atoms with van der Waals surface area (Å²) >= 11 is 1.95. The molecule has 3 aromatic heterocycles. The Morgan fingerprint density at radius 2 is 1.16 bits per heavy atom. The maximum Gasteiger partial charge on any atom is 0.376 e. The minimum Gasteiger partial charge on any atom is -0.466 e. The Morgan fingerprint density at radius 3 is 1.85 bits per heavy atom. The molecule has 0 atom stereocenters.